The number of hydrogen-bond donors (Lipinski definition) is 2. The molecular formula is C9H18N2O3S. The van der Waals surface area contributed by atoms with Crippen molar-refractivity contribution in [2.24, 2.45) is 11.5 Å². The Morgan fingerprint density at radius 3 is 2.33 bits per heavy atom. The van der Waals surface area contributed by atoms with Gasteiger partial charge < -0.3 is 16.2 Å². The fourth-order valence-corrected chi connectivity index (χ4v) is 1.48. The topological polar surface area (TPSA) is 95.4 Å². The molecule has 0 aliphatic rings. The average molecular weight is 234 g/mol. The van der Waals surface area contributed by atoms with Crippen LogP contribution in [0.5, 0.6) is 0 Å². The van der Waals surface area contributed by atoms with E-state index in [0.29, 0.717) is 5.75 Å². The van der Waals surface area contributed by atoms with Gasteiger partial charge in [0, 0.05) is 5.75 Å². The first-order valence-electron chi connectivity index (χ1n) is 4.57. The molecule has 0 saturated heterocycles. The molecule has 5 nitrogen and oxygen atoms in total. The summed E-state index contributed by atoms with van der Waals surface area (Å²) in [5.74, 6) is -0.372. The Balaban J connectivity index is 3.69. The van der Waals surface area contributed by atoms with Crippen LogP contribution < -0.4 is 11.5 Å². The van der Waals surface area contributed by atoms with Crippen molar-refractivity contribution in [3.8, 4) is 0 Å². The molecule has 0 fully saturated rings. The quantitative estimate of drug-likeness (QED) is 0.646. The number of amides is 1. The molecule has 0 aliphatic carbocycles. The lowest BCUT2D eigenvalue weighted by molar-refractivity contribution is -0.151. The second kappa shape index (κ2) is 5.97. The number of rotatable bonds is 5. The fourth-order valence-electron chi connectivity index (χ4n) is 0.722. The molecule has 0 rings (SSSR count). The van der Waals surface area contributed by atoms with Crippen molar-refractivity contribution in [2.75, 3.05) is 11.5 Å². The molecule has 0 aliphatic heterocycles. The van der Waals surface area contributed by atoms with Crippen molar-refractivity contribution < 1.29 is 14.3 Å². The lowest BCUT2D eigenvalue weighted by Gasteiger charge is -2.19. The SMILES string of the molecule is CC(C)(C)OC(=O)CSCC(N)C(N)=O. The van der Waals surface area contributed by atoms with Crippen LogP contribution in [0.1, 0.15) is 20.8 Å². The molecule has 0 aromatic rings. The Bertz CT molecular complexity index is 238. The number of carbonyl (C=O) groups is 2. The van der Waals surface area contributed by atoms with Gasteiger partial charge in [0.2, 0.25) is 5.91 Å². The third kappa shape index (κ3) is 8.26. The average Bonchev–Trinajstić information content (AvgIpc) is 2.00. The Hall–Kier alpha value is -0.750. The van der Waals surface area contributed by atoms with Crippen LogP contribution in [0.15, 0.2) is 0 Å². The van der Waals surface area contributed by atoms with Crippen molar-refractivity contribution in [1.29, 1.82) is 0 Å². The Labute approximate surface area is 93.9 Å². The molecule has 0 saturated carbocycles. The molecule has 1 amide bonds. The predicted octanol–water partition coefficient (Wildman–Crippen LogP) is -0.126. The highest BCUT2D eigenvalue weighted by atomic mass is 32.2. The smallest absolute Gasteiger partial charge is 0.316 e. The summed E-state index contributed by atoms with van der Waals surface area (Å²) in [5.41, 5.74) is 9.86. The zero-order valence-electron chi connectivity index (χ0n) is 9.28. The second-order valence-electron chi connectivity index (χ2n) is 4.11. The zero-order valence-corrected chi connectivity index (χ0v) is 10.1. The maximum atomic E-state index is 11.2. The van der Waals surface area contributed by atoms with E-state index in [1.54, 1.807) is 20.8 Å². The largest absolute Gasteiger partial charge is 0.459 e. The molecule has 1 atom stereocenters. The zero-order chi connectivity index (χ0) is 12.1. The van der Waals surface area contributed by atoms with Gasteiger partial charge in [-0.05, 0) is 20.8 Å². The molecule has 0 spiro atoms. The lowest BCUT2D eigenvalue weighted by atomic mass is 10.2. The summed E-state index contributed by atoms with van der Waals surface area (Å²) in [4.78, 5) is 21.8. The van der Waals surface area contributed by atoms with E-state index in [2.05, 4.69) is 0 Å². The molecule has 15 heavy (non-hydrogen) atoms. The molecule has 88 valence electrons. The van der Waals surface area contributed by atoms with Crippen molar-refractivity contribution in [2.45, 2.75) is 32.4 Å². The summed E-state index contributed by atoms with van der Waals surface area (Å²) in [6.45, 7) is 5.39. The number of esters is 1. The van der Waals surface area contributed by atoms with Gasteiger partial charge in [-0.15, -0.1) is 11.8 Å². The first-order chi connectivity index (χ1) is 6.72. The van der Waals surface area contributed by atoms with Crippen LogP contribution in [0.2, 0.25) is 0 Å². The van der Waals surface area contributed by atoms with E-state index in [9.17, 15) is 9.59 Å². The molecular weight excluding hydrogens is 216 g/mol. The van der Waals surface area contributed by atoms with Crippen molar-refractivity contribution >= 4 is 23.6 Å². The third-order valence-corrected chi connectivity index (χ3v) is 2.34. The number of primary amides is 1. The summed E-state index contributed by atoms with van der Waals surface area (Å²) in [6.07, 6.45) is 0. The van der Waals surface area contributed by atoms with Gasteiger partial charge in [-0.25, -0.2) is 0 Å². The van der Waals surface area contributed by atoms with Crippen molar-refractivity contribution in [3.05, 3.63) is 0 Å². The van der Waals surface area contributed by atoms with Gasteiger partial charge in [0.25, 0.3) is 0 Å². The molecule has 0 aromatic heterocycles. The summed E-state index contributed by atoms with van der Waals surface area (Å²) in [5, 5.41) is 0. The highest BCUT2D eigenvalue weighted by molar-refractivity contribution is 8.00. The number of thioether (sulfide) groups is 1. The minimum atomic E-state index is -0.711. The first kappa shape index (κ1) is 14.2. The molecule has 0 aromatic carbocycles. The summed E-state index contributed by atoms with van der Waals surface area (Å²) in [7, 11) is 0. The molecule has 0 radical (unpaired) electrons. The second-order valence-corrected chi connectivity index (χ2v) is 5.14. The molecule has 1 unspecified atom stereocenters. The molecule has 6 heteroatoms. The molecule has 4 N–H and O–H groups in total. The van der Waals surface area contributed by atoms with Gasteiger partial charge in [0.05, 0.1) is 11.8 Å². The number of carbonyl (C=O) groups excluding carboxylic acids is 2. The summed E-state index contributed by atoms with van der Waals surface area (Å²) in [6, 6.07) is -0.711. The van der Waals surface area contributed by atoms with Gasteiger partial charge in [-0.3, -0.25) is 9.59 Å². The maximum Gasteiger partial charge on any atom is 0.316 e. The van der Waals surface area contributed by atoms with E-state index >= 15 is 0 Å². The van der Waals surface area contributed by atoms with E-state index in [-0.39, 0.29) is 11.7 Å². The summed E-state index contributed by atoms with van der Waals surface area (Å²) < 4.78 is 5.06. The van der Waals surface area contributed by atoms with Crippen LogP contribution in [-0.2, 0) is 14.3 Å². The van der Waals surface area contributed by atoms with Crippen LogP contribution in [0.3, 0.4) is 0 Å². The number of ether oxygens (including phenoxy) is 1. The van der Waals surface area contributed by atoms with Crippen LogP contribution in [0.4, 0.5) is 0 Å². The van der Waals surface area contributed by atoms with E-state index in [1.807, 2.05) is 0 Å². The van der Waals surface area contributed by atoms with E-state index in [1.165, 1.54) is 11.8 Å². The maximum absolute atomic E-state index is 11.2. The Morgan fingerprint density at radius 1 is 1.40 bits per heavy atom. The minimum Gasteiger partial charge on any atom is -0.459 e. The van der Waals surface area contributed by atoms with Gasteiger partial charge >= 0.3 is 5.97 Å². The normalized spacial score (nSPS) is 13.3. The fraction of sp³-hybridized carbons (Fsp3) is 0.778. The molecule has 0 heterocycles. The minimum absolute atomic E-state index is 0.179. The third-order valence-electron chi connectivity index (χ3n) is 1.30. The van der Waals surface area contributed by atoms with Gasteiger partial charge in [0.15, 0.2) is 0 Å². The van der Waals surface area contributed by atoms with Gasteiger partial charge in [-0.2, -0.15) is 0 Å². The van der Waals surface area contributed by atoms with Crippen LogP contribution in [0.25, 0.3) is 0 Å². The van der Waals surface area contributed by atoms with Gasteiger partial charge in [-0.1, -0.05) is 0 Å². The standard InChI is InChI=1S/C9H18N2O3S/c1-9(2,3)14-7(12)5-15-4-6(10)8(11)13/h6H,4-5,10H2,1-3H3,(H2,11,13). The summed E-state index contributed by atoms with van der Waals surface area (Å²) >= 11 is 1.24. The van der Waals surface area contributed by atoms with Crippen LogP contribution in [0, 0.1) is 0 Å². The Kier molecular flexibility index (Phi) is 5.67. The monoisotopic (exact) mass is 234 g/mol. The Morgan fingerprint density at radius 2 is 1.93 bits per heavy atom. The van der Waals surface area contributed by atoms with Crippen molar-refractivity contribution in [3.63, 3.8) is 0 Å². The number of nitrogens with two attached hydrogens (primary N) is 2. The molecule has 0 bridgehead atoms. The number of hydrogen-bond acceptors (Lipinski definition) is 5. The predicted molar refractivity (Wildman–Crippen MR) is 60.3 cm³/mol. The highest BCUT2D eigenvalue weighted by Gasteiger charge is 2.17. The van der Waals surface area contributed by atoms with E-state index < -0.39 is 17.6 Å². The van der Waals surface area contributed by atoms with Crippen LogP contribution in [-0.4, -0.2) is 35.0 Å². The van der Waals surface area contributed by atoms with E-state index in [4.69, 9.17) is 16.2 Å². The lowest BCUT2D eigenvalue weighted by Crippen LogP contribution is -2.38. The van der Waals surface area contributed by atoms with E-state index in [0.717, 1.165) is 0 Å². The van der Waals surface area contributed by atoms with Crippen molar-refractivity contribution in [1.82, 2.24) is 0 Å². The van der Waals surface area contributed by atoms with Gasteiger partial charge in [0.1, 0.15) is 5.60 Å². The van der Waals surface area contributed by atoms with Crippen LogP contribution >= 0.6 is 11.8 Å². The first-order valence-corrected chi connectivity index (χ1v) is 5.72. The highest BCUT2D eigenvalue weighted by Crippen LogP contribution is 2.10.